The summed E-state index contributed by atoms with van der Waals surface area (Å²) in [6.45, 7) is 4.14. The molecule has 0 amide bonds. The third-order valence-corrected chi connectivity index (χ3v) is 3.91. The van der Waals surface area contributed by atoms with Crippen LogP contribution in [0.3, 0.4) is 0 Å². The zero-order valence-corrected chi connectivity index (χ0v) is 11.0. The van der Waals surface area contributed by atoms with E-state index in [1.807, 2.05) is 6.92 Å². The number of hydrogen-bond acceptors (Lipinski definition) is 2. The Morgan fingerprint density at radius 2 is 1.65 bits per heavy atom. The van der Waals surface area contributed by atoms with E-state index in [1.165, 1.54) is 20.9 Å². The number of nitrogens with two attached hydrogens (primary N) is 1. The van der Waals surface area contributed by atoms with E-state index in [1.54, 1.807) is 11.8 Å². The summed E-state index contributed by atoms with van der Waals surface area (Å²) in [6.07, 6.45) is 0. The lowest BCUT2D eigenvalue weighted by molar-refractivity contribution is 0.817. The van der Waals surface area contributed by atoms with Crippen LogP contribution in [-0.2, 0) is 0 Å². The molecule has 2 aromatic rings. The first kappa shape index (κ1) is 12.2. The Kier molecular flexibility index (Phi) is 3.87. The summed E-state index contributed by atoms with van der Waals surface area (Å²) >= 11 is 1.79. The molecule has 1 atom stereocenters. The quantitative estimate of drug-likeness (QED) is 0.875. The van der Waals surface area contributed by atoms with E-state index in [2.05, 4.69) is 55.5 Å². The first-order valence-corrected chi connectivity index (χ1v) is 6.57. The van der Waals surface area contributed by atoms with E-state index in [0.717, 1.165) is 0 Å². The van der Waals surface area contributed by atoms with Gasteiger partial charge in [0, 0.05) is 15.8 Å². The molecule has 88 valence electrons. The Balaban J connectivity index is 2.17. The highest BCUT2D eigenvalue weighted by Gasteiger charge is 2.02. The minimum absolute atomic E-state index is 0.104. The molecule has 17 heavy (non-hydrogen) atoms. The van der Waals surface area contributed by atoms with Crippen LogP contribution >= 0.6 is 11.8 Å². The Hall–Kier alpha value is -1.25. The Morgan fingerprint density at radius 3 is 2.24 bits per heavy atom. The van der Waals surface area contributed by atoms with Crippen molar-refractivity contribution >= 4 is 11.8 Å². The van der Waals surface area contributed by atoms with Crippen molar-refractivity contribution in [3.8, 4) is 0 Å². The molecule has 0 spiro atoms. The van der Waals surface area contributed by atoms with Gasteiger partial charge in [0.15, 0.2) is 0 Å². The summed E-state index contributed by atoms with van der Waals surface area (Å²) in [5.41, 5.74) is 8.33. The molecule has 1 unspecified atom stereocenters. The molecule has 0 heterocycles. The second kappa shape index (κ2) is 5.39. The molecule has 2 rings (SSSR count). The zero-order valence-electron chi connectivity index (χ0n) is 10.2. The van der Waals surface area contributed by atoms with Gasteiger partial charge in [0.25, 0.3) is 0 Å². The summed E-state index contributed by atoms with van der Waals surface area (Å²) in [6, 6.07) is 17.0. The van der Waals surface area contributed by atoms with Crippen LogP contribution in [0.5, 0.6) is 0 Å². The van der Waals surface area contributed by atoms with Crippen LogP contribution in [0.25, 0.3) is 0 Å². The Bertz CT molecular complexity index is 489. The van der Waals surface area contributed by atoms with Gasteiger partial charge in [-0.3, -0.25) is 0 Å². The van der Waals surface area contributed by atoms with E-state index in [9.17, 15) is 0 Å². The molecule has 0 aliphatic heterocycles. The van der Waals surface area contributed by atoms with Gasteiger partial charge in [-0.2, -0.15) is 0 Å². The lowest BCUT2D eigenvalue weighted by Gasteiger charge is -2.08. The van der Waals surface area contributed by atoms with Gasteiger partial charge < -0.3 is 5.73 Å². The fourth-order valence-electron chi connectivity index (χ4n) is 1.64. The van der Waals surface area contributed by atoms with E-state index in [0.29, 0.717) is 0 Å². The van der Waals surface area contributed by atoms with E-state index >= 15 is 0 Å². The first-order chi connectivity index (χ1) is 8.16. The van der Waals surface area contributed by atoms with Gasteiger partial charge in [-0.25, -0.2) is 0 Å². The van der Waals surface area contributed by atoms with E-state index in [4.69, 9.17) is 5.73 Å². The minimum atomic E-state index is 0.104. The normalized spacial score (nSPS) is 12.4. The van der Waals surface area contributed by atoms with Crippen LogP contribution < -0.4 is 5.73 Å². The number of benzene rings is 2. The average molecular weight is 243 g/mol. The number of aryl methyl sites for hydroxylation is 1. The maximum Gasteiger partial charge on any atom is 0.0266 e. The minimum Gasteiger partial charge on any atom is -0.324 e. The smallest absolute Gasteiger partial charge is 0.0266 e. The summed E-state index contributed by atoms with van der Waals surface area (Å²) in [7, 11) is 0. The Labute approximate surface area is 107 Å². The molecule has 0 aliphatic rings. The van der Waals surface area contributed by atoms with E-state index < -0.39 is 0 Å². The van der Waals surface area contributed by atoms with Crippen molar-refractivity contribution < 1.29 is 0 Å². The number of hydrogen-bond donors (Lipinski definition) is 1. The van der Waals surface area contributed by atoms with Gasteiger partial charge in [0.2, 0.25) is 0 Å². The lowest BCUT2D eigenvalue weighted by atomic mass is 10.1. The maximum atomic E-state index is 5.83. The van der Waals surface area contributed by atoms with Crippen LogP contribution in [0, 0.1) is 6.92 Å². The van der Waals surface area contributed by atoms with Crippen LogP contribution in [0.4, 0.5) is 0 Å². The standard InChI is InChI=1S/C15H17NS/c1-11-5-3-4-6-15(11)17-14-9-7-13(8-10-14)12(2)16/h3-10,12H,16H2,1-2H3. The highest BCUT2D eigenvalue weighted by molar-refractivity contribution is 7.99. The fourth-order valence-corrected chi connectivity index (χ4v) is 2.54. The van der Waals surface area contributed by atoms with Crippen molar-refractivity contribution in [1.82, 2.24) is 0 Å². The molecule has 2 aromatic carbocycles. The van der Waals surface area contributed by atoms with Gasteiger partial charge in [-0.05, 0) is 43.2 Å². The van der Waals surface area contributed by atoms with Gasteiger partial charge in [-0.1, -0.05) is 42.1 Å². The van der Waals surface area contributed by atoms with Crippen LogP contribution in [0.1, 0.15) is 24.1 Å². The van der Waals surface area contributed by atoms with Crippen molar-refractivity contribution in [2.75, 3.05) is 0 Å². The fraction of sp³-hybridized carbons (Fsp3) is 0.200. The summed E-state index contributed by atoms with van der Waals surface area (Å²) in [5, 5.41) is 0. The zero-order chi connectivity index (χ0) is 12.3. The SMILES string of the molecule is Cc1ccccc1Sc1ccc(C(C)N)cc1. The van der Waals surface area contributed by atoms with Crippen LogP contribution in [0.2, 0.25) is 0 Å². The first-order valence-electron chi connectivity index (χ1n) is 5.76. The largest absolute Gasteiger partial charge is 0.324 e. The van der Waals surface area contributed by atoms with Crippen molar-refractivity contribution in [2.24, 2.45) is 5.73 Å². The third kappa shape index (κ3) is 3.11. The van der Waals surface area contributed by atoms with E-state index in [-0.39, 0.29) is 6.04 Å². The van der Waals surface area contributed by atoms with Gasteiger partial charge in [0.05, 0.1) is 0 Å². The molecule has 2 N–H and O–H groups in total. The van der Waals surface area contributed by atoms with Crippen LogP contribution in [-0.4, -0.2) is 0 Å². The highest BCUT2D eigenvalue weighted by Crippen LogP contribution is 2.30. The average Bonchev–Trinajstić information content (AvgIpc) is 2.33. The molecule has 0 saturated heterocycles. The summed E-state index contributed by atoms with van der Waals surface area (Å²) < 4.78 is 0. The van der Waals surface area contributed by atoms with Gasteiger partial charge >= 0.3 is 0 Å². The molecular weight excluding hydrogens is 226 g/mol. The molecule has 1 nitrogen and oxygen atoms in total. The molecule has 0 saturated carbocycles. The topological polar surface area (TPSA) is 26.0 Å². The third-order valence-electron chi connectivity index (χ3n) is 2.73. The highest BCUT2D eigenvalue weighted by atomic mass is 32.2. The van der Waals surface area contributed by atoms with Crippen molar-refractivity contribution in [3.05, 3.63) is 59.7 Å². The molecule has 0 aromatic heterocycles. The van der Waals surface area contributed by atoms with Crippen LogP contribution in [0.15, 0.2) is 58.3 Å². The second-order valence-corrected chi connectivity index (χ2v) is 5.34. The summed E-state index contributed by atoms with van der Waals surface area (Å²) in [5.74, 6) is 0. The molecule has 2 heteroatoms. The van der Waals surface area contributed by atoms with Crippen molar-refractivity contribution in [2.45, 2.75) is 29.7 Å². The molecule has 0 bridgehead atoms. The van der Waals surface area contributed by atoms with Gasteiger partial charge in [0.1, 0.15) is 0 Å². The lowest BCUT2D eigenvalue weighted by Crippen LogP contribution is -2.04. The summed E-state index contributed by atoms with van der Waals surface area (Å²) in [4.78, 5) is 2.56. The van der Waals surface area contributed by atoms with Crippen molar-refractivity contribution in [3.63, 3.8) is 0 Å². The maximum absolute atomic E-state index is 5.83. The van der Waals surface area contributed by atoms with Crippen molar-refractivity contribution in [1.29, 1.82) is 0 Å². The molecule has 0 aliphatic carbocycles. The molecule has 0 radical (unpaired) electrons. The molecule has 0 fully saturated rings. The second-order valence-electron chi connectivity index (χ2n) is 4.23. The number of rotatable bonds is 3. The predicted octanol–water partition coefficient (Wildman–Crippen LogP) is 4.17. The monoisotopic (exact) mass is 243 g/mol. The van der Waals surface area contributed by atoms with Gasteiger partial charge in [-0.15, -0.1) is 0 Å². The Morgan fingerprint density at radius 1 is 1.00 bits per heavy atom. The molecular formula is C15H17NS. The predicted molar refractivity (Wildman–Crippen MR) is 74.3 cm³/mol.